The number of benzene rings is 2. The van der Waals surface area contributed by atoms with Crippen molar-refractivity contribution in [2.24, 2.45) is 5.16 Å². The van der Waals surface area contributed by atoms with E-state index in [4.69, 9.17) is 16.4 Å². The number of anilines is 1. The molecule has 0 saturated carbocycles. The summed E-state index contributed by atoms with van der Waals surface area (Å²) in [6, 6.07) is 11.6. The number of nitrogens with one attached hydrogen (secondary N) is 1. The van der Waals surface area contributed by atoms with Gasteiger partial charge in [-0.15, -0.1) is 0 Å². The van der Waals surface area contributed by atoms with E-state index in [0.717, 1.165) is 12.1 Å². The van der Waals surface area contributed by atoms with Gasteiger partial charge in [-0.3, -0.25) is 0 Å². The van der Waals surface area contributed by atoms with Crippen LogP contribution >= 0.6 is 11.6 Å². The van der Waals surface area contributed by atoms with Crippen molar-refractivity contribution in [2.75, 3.05) is 18.4 Å². The molecule has 0 bridgehead atoms. The molecule has 1 saturated heterocycles. The molecule has 0 unspecified atom stereocenters. The van der Waals surface area contributed by atoms with E-state index >= 15 is 0 Å². The maximum absolute atomic E-state index is 12.7. The van der Waals surface area contributed by atoms with Crippen LogP contribution in [0.3, 0.4) is 0 Å². The van der Waals surface area contributed by atoms with Crippen LogP contribution in [0.5, 0.6) is 0 Å². The third kappa shape index (κ3) is 4.38. The predicted molar refractivity (Wildman–Crippen MR) is 108 cm³/mol. The van der Waals surface area contributed by atoms with E-state index < -0.39 is 17.3 Å². The smallest absolute Gasteiger partial charge is 0.388 e. The van der Waals surface area contributed by atoms with Gasteiger partial charge in [0.1, 0.15) is 5.60 Å². The lowest BCUT2D eigenvalue weighted by Gasteiger charge is -2.37. The van der Waals surface area contributed by atoms with Gasteiger partial charge in [-0.25, -0.2) is 4.79 Å². The Morgan fingerprint density at radius 3 is 2.47 bits per heavy atom. The van der Waals surface area contributed by atoms with Crippen molar-refractivity contribution < 1.29 is 22.8 Å². The highest BCUT2D eigenvalue weighted by Crippen LogP contribution is 2.37. The number of hydrogen-bond donors (Lipinski definition) is 1. The molecule has 1 fully saturated rings. The number of likely N-dealkylation sites (tertiary alicyclic amines) is 1. The van der Waals surface area contributed by atoms with Crippen LogP contribution < -0.4 is 5.32 Å². The first-order valence-corrected chi connectivity index (χ1v) is 9.86. The zero-order valence-electron chi connectivity index (χ0n) is 15.9. The van der Waals surface area contributed by atoms with Crippen molar-refractivity contribution in [2.45, 2.75) is 31.0 Å². The molecule has 2 aromatic rings. The fourth-order valence-corrected chi connectivity index (χ4v) is 3.87. The summed E-state index contributed by atoms with van der Waals surface area (Å²) in [6.07, 6.45) is -2.69. The number of hydrogen-bond acceptors (Lipinski definition) is 3. The van der Waals surface area contributed by atoms with E-state index in [1.54, 1.807) is 29.2 Å². The summed E-state index contributed by atoms with van der Waals surface area (Å²) in [6.45, 7) is 0.977. The van der Waals surface area contributed by atoms with E-state index in [9.17, 15) is 18.0 Å². The number of carbonyl (C=O) groups is 1. The summed E-state index contributed by atoms with van der Waals surface area (Å²) in [5.41, 5.74) is 0.643. The van der Waals surface area contributed by atoms with Gasteiger partial charge < -0.3 is 15.1 Å². The number of piperidine rings is 1. The van der Waals surface area contributed by atoms with Crippen LogP contribution in [0.15, 0.2) is 53.7 Å². The molecule has 1 spiro atoms. The van der Waals surface area contributed by atoms with E-state index in [2.05, 4.69) is 10.5 Å². The fourth-order valence-electron chi connectivity index (χ4n) is 3.68. The standard InChI is InChI=1S/C21H19ClF3N3O2/c22-16-2-1-3-17(12-16)26-19(29)28-10-8-20(9-11-28)13-18(27-30-20)14-4-6-15(7-5-14)21(23,24)25/h1-7,12H,8-11,13H2,(H,26,29). The van der Waals surface area contributed by atoms with Crippen molar-refractivity contribution in [3.63, 3.8) is 0 Å². The van der Waals surface area contributed by atoms with Crippen LogP contribution in [-0.4, -0.2) is 35.3 Å². The lowest BCUT2D eigenvalue weighted by molar-refractivity contribution is -0.137. The molecule has 30 heavy (non-hydrogen) atoms. The Balaban J connectivity index is 1.34. The van der Waals surface area contributed by atoms with E-state index in [0.29, 0.717) is 54.3 Å². The molecule has 4 rings (SSSR count). The van der Waals surface area contributed by atoms with Gasteiger partial charge in [0.15, 0.2) is 0 Å². The second kappa shape index (κ2) is 7.83. The predicted octanol–water partition coefficient (Wildman–Crippen LogP) is 5.55. The number of nitrogens with zero attached hydrogens (tertiary/aromatic N) is 2. The van der Waals surface area contributed by atoms with Crippen molar-refractivity contribution >= 4 is 29.0 Å². The Bertz CT molecular complexity index is 968. The quantitative estimate of drug-likeness (QED) is 0.669. The maximum atomic E-state index is 12.7. The molecule has 0 radical (unpaired) electrons. The minimum atomic E-state index is -4.37. The van der Waals surface area contributed by atoms with Gasteiger partial charge in [0, 0.05) is 43.1 Å². The highest BCUT2D eigenvalue weighted by Gasteiger charge is 2.43. The molecule has 2 aliphatic heterocycles. The number of rotatable bonds is 2. The lowest BCUT2D eigenvalue weighted by Crippen LogP contribution is -2.48. The number of carbonyl (C=O) groups excluding carboxylic acids is 1. The van der Waals surface area contributed by atoms with Crippen LogP contribution in [0.25, 0.3) is 0 Å². The highest BCUT2D eigenvalue weighted by atomic mass is 35.5. The summed E-state index contributed by atoms with van der Waals surface area (Å²) in [5, 5.41) is 7.49. The Kier molecular flexibility index (Phi) is 5.36. The summed E-state index contributed by atoms with van der Waals surface area (Å²) < 4.78 is 38.2. The number of amides is 2. The van der Waals surface area contributed by atoms with Crippen molar-refractivity contribution in [1.29, 1.82) is 0 Å². The largest absolute Gasteiger partial charge is 0.416 e. The number of halogens is 4. The second-order valence-corrected chi connectivity index (χ2v) is 7.93. The van der Waals surface area contributed by atoms with Crippen LogP contribution in [0.4, 0.5) is 23.7 Å². The molecule has 0 aliphatic carbocycles. The lowest BCUT2D eigenvalue weighted by atomic mass is 9.85. The summed E-state index contributed by atoms with van der Waals surface area (Å²) in [4.78, 5) is 19.9. The van der Waals surface area contributed by atoms with Crippen LogP contribution in [-0.2, 0) is 11.0 Å². The molecule has 2 amide bonds. The summed E-state index contributed by atoms with van der Waals surface area (Å²) in [5.74, 6) is 0. The van der Waals surface area contributed by atoms with E-state index in [-0.39, 0.29) is 6.03 Å². The summed E-state index contributed by atoms with van der Waals surface area (Å²) >= 11 is 5.94. The molecule has 0 aromatic heterocycles. The van der Waals surface area contributed by atoms with Crippen molar-refractivity contribution in [1.82, 2.24) is 4.90 Å². The van der Waals surface area contributed by atoms with E-state index in [1.165, 1.54) is 12.1 Å². The zero-order valence-corrected chi connectivity index (χ0v) is 16.6. The maximum Gasteiger partial charge on any atom is 0.416 e. The first-order chi connectivity index (χ1) is 14.2. The Hall–Kier alpha value is -2.74. The van der Waals surface area contributed by atoms with Crippen LogP contribution in [0, 0.1) is 0 Å². The van der Waals surface area contributed by atoms with Gasteiger partial charge in [0.25, 0.3) is 0 Å². The van der Waals surface area contributed by atoms with Crippen LogP contribution in [0.1, 0.15) is 30.4 Å². The van der Waals surface area contributed by atoms with Crippen molar-refractivity contribution in [3.05, 3.63) is 64.7 Å². The minimum absolute atomic E-state index is 0.214. The Morgan fingerprint density at radius 1 is 1.13 bits per heavy atom. The molecule has 5 nitrogen and oxygen atoms in total. The van der Waals surface area contributed by atoms with E-state index in [1.807, 2.05) is 0 Å². The average Bonchev–Trinajstić information content (AvgIpc) is 3.11. The molecular weight excluding hydrogens is 419 g/mol. The van der Waals surface area contributed by atoms with Gasteiger partial charge in [-0.05, 0) is 35.9 Å². The van der Waals surface area contributed by atoms with Crippen molar-refractivity contribution in [3.8, 4) is 0 Å². The van der Waals surface area contributed by atoms with Gasteiger partial charge in [-0.2, -0.15) is 13.2 Å². The molecule has 9 heteroatoms. The highest BCUT2D eigenvalue weighted by molar-refractivity contribution is 6.30. The molecular formula is C21H19ClF3N3O2. The molecule has 158 valence electrons. The number of urea groups is 1. The molecule has 1 N–H and O–H groups in total. The van der Waals surface area contributed by atoms with Crippen LogP contribution in [0.2, 0.25) is 5.02 Å². The second-order valence-electron chi connectivity index (χ2n) is 7.49. The van der Waals surface area contributed by atoms with Gasteiger partial charge in [0.05, 0.1) is 11.3 Å². The first kappa shape index (κ1) is 20.5. The first-order valence-electron chi connectivity index (χ1n) is 9.48. The van der Waals surface area contributed by atoms with Gasteiger partial charge in [0.2, 0.25) is 0 Å². The molecule has 2 aromatic carbocycles. The summed E-state index contributed by atoms with van der Waals surface area (Å²) in [7, 11) is 0. The zero-order chi connectivity index (χ0) is 21.4. The minimum Gasteiger partial charge on any atom is -0.388 e. The normalized spacial score (nSPS) is 18.1. The Labute approximate surface area is 176 Å². The molecule has 0 atom stereocenters. The number of oxime groups is 1. The topological polar surface area (TPSA) is 53.9 Å². The molecule has 2 heterocycles. The number of alkyl halides is 3. The molecule has 2 aliphatic rings. The third-order valence-corrected chi connectivity index (χ3v) is 5.66. The third-order valence-electron chi connectivity index (χ3n) is 5.42. The fraction of sp³-hybridized carbons (Fsp3) is 0.333. The SMILES string of the molecule is O=C(Nc1cccc(Cl)c1)N1CCC2(CC1)CC(c1ccc(C(F)(F)F)cc1)=NO2. The average molecular weight is 438 g/mol. The Morgan fingerprint density at radius 2 is 1.83 bits per heavy atom. The van der Waals surface area contributed by atoms with Gasteiger partial charge >= 0.3 is 12.2 Å². The van der Waals surface area contributed by atoms with Gasteiger partial charge in [-0.1, -0.05) is 35.0 Å². The monoisotopic (exact) mass is 437 g/mol.